The van der Waals surface area contributed by atoms with Crippen LogP contribution in [0.5, 0.6) is 0 Å². The molecule has 4 rings (SSSR count). The number of likely N-dealkylation sites (tertiary alicyclic amines) is 2. The van der Waals surface area contributed by atoms with Gasteiger partial charge in [0.15, 0.2) is 0 Å². The SMILES string of the molecule is Cl.O=C(CN1C(=O)C2CCCCC2C1=O)N1C[C@H]2CNC[C@H]2C1. The number of hydrogen-bond donors (Lipinski definition) is 1. The van der Waals surface area contributed by atoms with Gasteiger partial charge in [0.05, 0.1) is 11.8 Å². The van der Waals surface area contributed by atoms with Crippen LogP contribution in [-0.4, -0.2) is 60.2 Å². The average Bonchev–Trinajstić information content (AvgIpc) is 3.17. The molecular weight excluding hydrogens is 318 g/mol. The van der Waals surface area contributed by atoms with Crippen LogP contribution >= 0.6 is 12.4 Å². The first-order valence-corrected chi connectivity index (χ1v) is 8.49. The Morgan fingerprint density at radius 1 is 1.00 bits per heavy atom. The molecule has 3 amide bonds. The Bertz CT molecular complexity index is 491. The first-order chi connectivity index (χ1) is 10.6. The van der Waals surface area contributed by atoms with Crippen molar-refractivity contribution >= 4 is 30.1 Å². The largest absolute Gasteiger partial charge is 0.340 e. The molecule has 4 atom stereocenters. The van der Waals surface area contributed by atoms with Crippen molar-refractivity contribution in [1.29, 1.82) is 0 Å². The highest BCUT2D eigenvalue weighted by atomic mass is 35.5. The van der Waals surface area contributed by atoms with Crippen molar-refractivity contribution in [3.8, 4) is 0 Å². The Labute approximate surface area is 142 Å². The van der Waals surface area contributed by atoms with E-state index in [0.717, 1.165) is 51.9 Å². The van der Waals surface area contributed by atoms with Crippen molar-refractivity contribution in [2.75, 3.05) is 32.7 Å². The van der Waals surface area contributed by atoms with E-state index >= 15 is 0 Å². The maximum atomic E-state index is 12.5. The summed E-state index contributed by atoms with van der Waals surface area (Å²) in [4.78, 5) is 40.4. The van der Waals surface area contributed by atoms with E-state index in [1.54, 1.807) is 0 Å². The Hall–Kier alpha value is -1.14. The summed E-state index contributed by atoms with van der Waals surface area (Å²) in [6.45, 7) is 3.43. The molecule has 3 aliphatic heterocycles. The molecule has 3 saturated heterocycles. The number of imide groups is 1. The van der Waals surface area contributed by atoms with Gasteiger partial charge < -0.3 is 10.2 Å². The van der Waals surface area contributed by atoms with Crippen LogP contribution in [0.15, 0.2) is 0 Å². The van der Waals surface area contributed by atoms with Crippen LogP contribution in [-0.2, 0) is 14.4 Å². The van der Waals surface area contributed by atoms with Gasteiger partial charge in [0.1, 0.15) is 6.54 Å². The maximum absolute atomic E-state index is 12.5. The smallest absolute Gasteiger partial charge is 0.242 e. The third kappa shape index (κ3) is 2.76. The van der Waals surface area contributed by atoms with Crippen molar-refractivity contribution < 1.29 is 14.4 Å². The van der Waals surface area contributed by atoms with Crippen LogP contribution in [0.1, 0.15) is 25.7 Å². The monoisotopic (exact) mass is 341 g/mol. The summed E-state index contributed by atoms with van der Waals surface area (Å²) in [6, 6.07) is 0. The second-order valence-corrected chi connectivity index (χ2v) is 7.24. The normalized spacial score (nSPS) is 36.0. The Morgan fingerprint density at radius 2 is 1.52 bits per heavy atom. The molecule has 0 aromatic rings. The first kappa shape index (κ1) is 16.7. The Kier molecular flexibility index (Phi) is 4.65. The molecule has 7 heteroatoms. The maximum Gasteiger partial charge on any atom is 0.242 e. The van der Waals surface area contributed by atoms with Crippen molar-refractivity contribution in [3.63, 3.8) is 0 Å². The van der Waals surface area contributed by atoms with Gasteiger partial charge in [-0.15, -0.1) is 12.4 Å². The molecule has 128 valence electrons. The van der Waals surface area contributed by atoms with Crippen molar-refractivity contribution in [2.24, 2.45) is 23.7 Å². The molecule has 4 aliphatic rings. The minimum Gasteiger partial charge on any atom is -0.340 e. The van der Waals surface area contributed by atoms with Crippen LogP contribution in [0.4, 0.5) is 0 Å². The average molecular weight is 342 g/mol. The zero-order chi connectivity index (χ0) is 15.3. The molecular formula is C16H24ClN3O3. The fourth-order valence-corrected chi connectivity index (χ4v) is 4.68. The van der Waals surface area contributed by atoms with E-state index in [1.807, 2.05) is 4.90 Å². The molecule has 2 unspecified atom stereocenters. The molecule has 1 aliphatic carbocycles. The topological polar surface area (TPSA) is 69.7 Å². The van der Waals surface area contributed by atoms with E-state index in [9.17, 15) is 14.4 Å². The number of carbonyl (C=O) groups is 3. The molecule has 0 radical (unpaired) electrons. The summed E-state index contributed by atoms with van der Waals surface area (Å²) in [5.74, 6) is 0.489. The van der Waals surface area contributed by atoms with Crippen molar-refractivity contribution in [3.05, 3.63) is 0 Å². The lowest BCUT2D eigenvalue weighted by Gasteiger charge is -2.21. The third-order valence-corrected chi connectivity index (χ3v) is 5.97. The lowest BCUT2D eigenvalue weighted by atomic mass is 9.81. The number of hydrogen-bond acceptors (Lipinski definition) is 4. The van der Waals surface area contributed by atoms with Crippen LogP contribution < -0.4 is 5.32 Å². The number of amides is 3. The molecule has 4 fully saturated rings. The highest BCUT2D eigenvalue weighted by Crippen LogP contribution is 2.38. The van der Waals surface area contributed by atoms with Crippen LogP contribution in [0.25, 0.3) is 0 Å². The van der Waals surface area contributed by atoms with Gasteiger partial charge in [-0.25, -0.2) is 0 Å². The molecule has 1 N–H and O–H groups in total. The van der Waals surface area contributed by atoms with Gasteiger partial charge in [-0.1, -0.05) is 12.8 Å². The molecule has 0 aromatic carbocycles. The van der Waals surface area contributed by atoms with Gasteiger partial charge in [-0.3, -0.25) is 19.3 Å². The minimum absolute atomic E-state index is 0. The molecule has 1 saturated carbocycles. The summed E-state index contributed by atoms with van der Waals surface area (Å²) < 4.78 is 0. The highest BCUT2D eigenvalue weighted by Gasteiger charge is 2.49. The predicted molar refractivity (Wildman–Crippen MR) is 85.8 cm³/mol. The van der Waals surface area contributed by atoms with E-state index in [2.05, 4.69) is 5.32 Å². The number of fused-ring (bicyclic) bond motifs is 2. The van der Waals surface area contributed by atoms with Crippen molar-refractivity contribution in [1.82, 2.24) is 15.1 Å². The number of nitrogens with one attached hydrogen (secondary N) is 1. The zero-order valence-electron chi connectivity index (χ0n) is 13.2. The molecule has 23 heavy (non-hydrogen) atoms. The third-order valence-electron chi connectivity index (χ3n) is 5.97. The molecule has 0 spiro atoms. The number of carbonyl (C=O) groups excluding carboxylic acids is 3. The first-order valence-electron chi connectivity index (χ1n) is 8.49. The van der Waals surface area contributed by atoms with Crippen molar-refractivity contribution in [2.45, 2.75) is 25.7 Å². The van der Waals surface area contributed by atoms with E-state index in [-0.39, 0.29) is 48.5 Å². The van der Waals surface area contributed by atoms with E-state index in [1.165, 1.54) is 4.90 Å². The van der Waals surface area contributed by atoms with Gasteiger partial charge in [0, 0.05) is 26.2 Å². The minimum atomic E-state index is -0.156. The van der Waals surface area contributed by atoms with Gasteiger partial charge in [0.25, 0.3) is 0 Å². The number of nitrogens with zero attached hydrogens (tertiary/aromatic N) is 2. The van der Waals surface area contributed by atoms with E-state index in [0.29, 0.717) is 11.8 Å². The molecule has 6 nitrogen and oxygen atoms in total. The lowest BCUT2D eigenvalue weighted by Crippen LogP contribution is -2.43. The van der Waals surface area contributed by atoms with Crippen LogP contribution in [0, 0.1) is 23.7 Å². The predicted octanol–water partition coefficient (Wildman–Crippen LogP) is 0.261. The second kappa shape index (κ2) is 6.40. The zero-order valence-corrected chi connectivity index (χ0v) is 14.0. The van der Waals surface area contributed by atoms with Crippen LogP contribution in [0.3, 0.4) is 0 Å². The molecule has 0 aromatic heterocycles. The summed E-state index contributed by atoms with van der Waals surface area (Å²) in [5, 5.41) is 3.35. The second-order valence-electron chi connectivity index (χ2n) is 7.24. The fourth-order valence-electron chi connectivity index (χ4n) is 4.68. The van der Waals surface area contributed by atoms with E-state index in [4.69, 9.17) is 0 Å². The summed E-state index contributed by atoms with van der Waals surface area (Å²) in [7, 11) is 0. The number of halogens is 1. The summed E-state index contributed by atoms with van der Waals surface area (Å²) in [5.41, 5.74) is 0. The van der Waals surface area contributed by atoms with Gasteiger partial charge in [0.2, 0.25) is 17.7 Å². The van der Waals surface area contributed by atoms with Crippen LogP contribution in [0.2, 0.25) is 0 Å². The van der Waals surface area contributed by atoms with Gasteiger partial charge >= 0.3 is 0 Å². The van der Waals surface area contributed by atoms with Gasteiger partial charge in [-0.2, -0.15) is 0 Å². The Morgan fingerprint density at radius 3 is 2.04 bits per heavy atom. The molecule has 0 bridgehead atoms. The number of rotatable bonds is 2. The van der Waals surface area contributed by atoms with E-state index < -0.39 is 0 Å². The van der Waals surface area contributed by atoms with Gasteiger partial charge in [-0.05, 0) is 24.7 Å². The lowest BCUT2D eigenvalue weighted by molar-refractivity contribution is -0.146. The highest BCUT2D eigenvalue weighted by molar-refractivity contribution is 6.07. The Balaban J connectivity index is 0.00000156. The summed E-state index contributed by atoms with van der Waals surface area (Å²) >= 11 is 0. The standard InChI is InChI=1S/C16H23N3O3.ClH/c20-14(18-7-10-5-17-6-11(10)8-18)9-19-15(21)12-3-1-2-4-13(12)16(19)22;/h10-13,17H,1-9H2;1H/t10-,11+,12?,13?;. The summed E-state index contributed by atoms with van der Waals surface area (Å²) in [6.07, 6.45) is 3.65. The fraction of sp³-hybridized carbons (Fsp3) is 0.812. The molecule has 3 heterocycles. The quantitative estimate of drug-likeness (QED) is 0.732.